The molecule has 5 rings (SSSR count). The number of benzene rings is 1. The Kier molecular flexibility index (Phi) is 3.48. The topological polar surface area (TPSA) is 63.6 Å². The third-order valence-corrected chi connectivity index (χ3v) is 5.48. The molecule has 0 amide bonds. The Hall–Kier alpha value is -2.82. The van der Waals surface area contributed by atoms with Crippen LogP contribution in [0.4, 0.5) is 5.95 Å². The van der Waals surface area contributed by atoms with Gasteiger partial charge in [0.05, 0.1) is 11.2 Å². The van der Waals surface area contributed by atoms with Gasteiger partial charge in [0.2, 0.25) is 5.95 Å². The molecule has 0 radical (unpaired) electrons. The largest absolute Gasteiger partial charge is 0.354 e. The molecule has 0 saturated heterocycles. The normalized spacial score (nSPS) is 17.5. The maximum Gasteiger partial charge on any atom is 0.222 e. The maximum atomic E-state index is 4.79. The number of nitrogens with zero attached hydrogens (tertiary/aromatic N) is 4. The van der Waals surface area contributed by atoms with Crippen LogP contribution in [-0.4, -0.2) is 26.5 Å². The van der Waals surface area contributed by atoms with Crippen molar-refractivity contribution in [2.24, 2.45) is 5.41 Å². The van der Waals surface area contributed by atoms with Crippen LogP contribution in [-0.2, 0) is 6.42 Å². The summed E-state index contributed by atoms with van der Waals surface area (Å²) in [6, 6.07) is 6.32. The lowest BCUT2D eigenvalue weighted by Crippen LogP contribution is -2.15. The van der Waals surface area contributed by atoms with E-state index in [2.05, 4.69) is 51.5 Å². The molecule has 5 heteroatoms. The van der Waals surface area contributed by atoms with E-state index in [-0.39, 0.29) is 0 Å². The van der Waals surface area contributed by atoms with Gasteiger partial charge in [-0.3, -0.25) is 0 Å². The monoisotopic (exact) mass is 343 g/mol. The van der Waals surface area contributed by atoms with E-state index in [9.17, 15) is 0 Å². The molecule has 2 heterocycles. The lowest BCUT2D eigenvalue weighted by Gasteiger charge is -2.19. The SMILES string of the molecule is CC1(CNc2ncc3c(n2)CCC=C3c2ccc3ncncc3c2)CC1. The molecule has 0 spiro atoms. The number of allylic oxidation sites excluding steroid dienone is 1. The van der Waals surface area contributed by atoms with Crippen LogP contribution in [0.15, 0.2) is 43.0 Å². The van der Waals surface area contributed by atoms with Crippen LogP contribution in [0.3, 0.4) is 0 Å². The fourth-order valence-corrected chi connectivity index (χ4v) is 3.49. The summed E-state index contributed by atoms with van der Waals surface area (Å²) in [5.41, 5.74) is 6.05. The zero-order valence-electron chi connectivity index (χ0n) is 14.9. The Morgan fingerprint density at radius 2 is 2.08 bits per heavy atom. The molecular formula is C21H21N5. The molecule has 0 bridgehead atoms. The molecule has 1 fully saturated rings. The predicted molar refractivity (Wildman–Crippen MR) is 103 cm³/mol. The van der Waals surface area contributed by atoms with Crippen LogP contribution in [0, 0.1) is 5.41 Å². The van der Waals surface area contributed by atoms with E-state index in [1.807, 2.05) is 12.4 Å². The van der Waals surface area contributed by atoms with Crippen molar-refractivity contribution in [1.29, 1.82) is 0 Å². The van der Waals surface area contributed by atoms with Crippen LogP contribution in [0.25, 0.3) is 16.5 Å². The van der Waals surface area contributed by atoms with Crippen LogP contribution < -0.4 is 5.32 Å². The van der Waals surface area contributed by atoms with Gasteiger partial charge >= 0.3 is 0 Å². The lowest BCUT2D eigenvalue weighted by atomic mass is 9.90. The summed E-state index contributed by atoms with van der Waals surface area (Å²) >= 11 is 0. The minimum atomic E-state index is 0.442. The highest BCUT2D eigenvalue weighted by molar-refractivity contribution is 5.88. The first kappa shape index (κ1) is 15.4. The third-order valence-electron chi connectivity index (χ3n) is 5.48. The number of hydrogen-bond donors (Lipinski definition) is 1. The minimum absolute atomic E-state index is 0.442. The number of nitrogens with one attached hydrogen (secondary N) is 1. The quantitative estimate of drug-likeness (QED) is 0.775. The summed E-state index contributed by atoms with van der Waals surface area (Å²) in [5.74, 6) is 0.755. The smallest absolute Gasteiger partial charge is 0.222 e. The summed E-state index contributed by atoms with van der Waals surface area (Å²) < 4.78 is 0. The van der Waals surface area contributed by atoms with Gasteiger partial charge in [0.15, 0.2) is 0 Å². The zero-order valence-corrected chi connectivity index (χ0v) is 14.9. The maximum absolute atomic E-state index is 4.79. The standard InChI is InChI=1S/C21H21N5/c1-21(7-8-21)12-24-20-23-11-17-16(3-2-4-19(17)26-20)14-5-6-18-15(9-14)10-22-13-25-18/h3,5-6,9-11,13H,2,4,7-8,12H2,1H3,(H,23,24,26). The predicted octanol–water partition coefficient (Wildman–Crippen LogP) is 4.01. The molecule has 0 atom stereocenters. The number of hydrogen-bond acceptors (Lipinski definition) is 5. The van der Waals surface area contributed by atoms with Crippen molar-refractivity contribution in [3.63, 3.8) is 0 Å². The van der Waals surface area contributed by atoms with E-state index in [1.165, 1.54) is 24.0 Å². The van der Waals surface area contributed by atoms with Crippen molar-refractivity contribution in [2.75, 3.05) is 11.9 Å². The van der Waals surface area contributed by atoms with Crippen molar-refractivity contribution < 1.29 is 0 Å². The lowest BCUT2D eigenvalue weighted by molar-refractivity contribution is 0.607. The second-order valence-corrected chi connectivity index (χ2v) is 7.67. The highest BCUT2D eigenvalue weighted by Gasteiger charge is 2.37. The van der Waals surface area contributed by atoms with E-state index < -0.39 is 0 Å². The minimum Gasteiger partial charge on any atom is -0.354 e. The van der Waals surface area contributed by atoms with Crippen molar-refractivity contribution >= 4 is 22.4 Å². The average molecular weight is 343 g/mol. The molecule has 2 aliphatic carbocycles. The molecule has 3 aromatic rings. The van der Waals surface area contributed by atoms with Crippen molar-refractivity contribution in [3.8, 4) is 0 Å². The van der Waals surface area contributed by atoms with Crippen LogP contribution >= 0.6 is 0 Å². The Balaban J connectivity index is 1.46. The van der Waals surface area contributed by atoms with Gasteiger partial charge in [-0.1, -0.05) is 19.1 Å². The average Bonchev–Trinajstić information content (AvgIpc) is 3.43. The van der Waals surface area contributed by atoms with E-state index in [1.54, 1.807) is 6.33 Å². The molecule has 130 valence electrons. The Morgan fingerprint density at radius 1 is 1.15 bits per heavy atom. The molecule has 1 saturated carbocycles. The van der Waals surface area contributed by atoms with E-state index in [0.717, 1.165) is 47.5 Å². The van der Waals surface area contributed by atoms with Gasteiger partial charge in [-0.05, 0) is 54.4 Å². The van der Waals surface area contributed by atoms with Crippen molar-refractivity contribution in [3.05, 3.63) is 59.8 Å². The first-order valence-electron chi connectivity index (χ1n) is 9.21. The summed E-state index contributed by atoms with van der Waals surface area (Å²) in [6.07, 6.45) is 12.3. The molecule has 1 aromatic carbocycles. The van der Waals surface area contributed by atoms with Gasteiger partial charge in [0, 0.05) is 29.9 Å². The fourth-order valence-electron chi connectivity index (χ4n) is 3.49. The summed E-state index contributed by atoms with van der Waals surface area (Å²) in [6.45, 7) is 3.27. The van der Waals surface area contributed by atoms with Gasteiger partial charge in [0.1, 0.15) is 6.33 Å². The molecule has 0 aliphatic heterocycles. The van der Waals surface area contributed by atoms with Crippen molar-refractivity contribution in [2.45, 2.75) is 32.6 Å². The zero-order chi connectivity index (χ0) is 17.6. The second kappa shape index (κ2) is 5.87. The van der Waals surface area contributed by atoms with Gasteiger partial charge in [-0.2, -0.15) is 0 Å². The molecular weight excluding hydrogens is 322 g/mol. The molecule has 26 heavy (non-hydrogen) atoms. The number of rotatable bonds is 4. The summed E-state index contributed by atoms with van der Waals surface area (Å²) in [5, 5.41) is 4.47. The van der Waals surface area contributed by atoms with E-state index >= 15 is 0 Å². The van der Waals surface area contributed by atoms with Crippen molar-refractivity contribution in [1.82, 2.24) is 19.9 Å². The van der Waals surface area contributed by atoms with E-state index in [4.69, 9.17) is 4.98 Å². The first-order chi connectivity index (χ1) is 12.7. The molecule has 5 nitrogen and oxygen atoms in total. The van der Waals surface area contributed by atoms with Gasteiger partial charge in [0.25, 0.3) is 0 Å². The van der Waals surface area contributed by atoms with Gasteiger partial charge in [-0.25, -0.2) is 19.9 Å². The van der Waals surface area contributed by atoms with Crippen LogP contribution in [0.2, 0.25) is 0 Å². The highest BCUT2D eigenvalue weighted by Crippen LogP contribution is 2.44. The Bertz CT molecular complexity index is 1020. The van der Waals surface area contributed by atoms with Gasteiger partial charge in [-0.15, -0.1) is 0 Å². The molecule has 2 aromatic heterocycles. The fraction of sp³-hybridized carbons (Fsp3) is 0.333. The molecule has 0 unspecified atom stereocenters. The van der Waals surface area contributed by atoms with Gasteiger partial charge < -0.3 is 5.32 Å². The Morgan fingerprint density at radius 3 is 2.96 bits per heavy atom. The second-order valence-electron chi connectivity index (χ2n) is 7.67. The third kappa shape index (κ3) is 2.83. The van der Waals surface area contributed by atoms with Crippen LogP contribution in [0.1, 0.15) is 43.0 Å². The molecule has 2 aliphatic rings. The van der Waals surface area contributed by atoms with E-state index in [0.29, 0.717) is 5.41 Å². The Labute approximate surface area is 152 Å². The number of anilines is 1. The summed E-state index contributed by atoms with van der Waals surface area (Å²) in [4.78, 5) is 17.8. The number of aryl methyl sites for hydroxylation is 1. The number of aromatic nitrogens is 4. The van der Waals surface area contributed by atoms with Crippen LogP contribution in [0.5, 0.6) is 0 Å². The highest BCUT2D eigenvalue weighted by atomic mass is 15.1. The summed E-state index contributed by atoms with van der Waals surface area (Å²) in [7, 11) is 0. The number of fused-ring (bicyclic) bond motifs is 2. The molecule has 1 N–H and O–H groups in total. The first-order valence-corrected chi connectivity index (χ1v) is 9.21.